The van der Waals surface area contributed by atoms with Crippen molar-refractivity contribution in [1.29, 1.82) is 0 Å². The normalized spacial score (nSPS) is 11.1. The van der Waals surface area contributed by atoms with Gasteiger partial charge in [0.15, 0.2) is 5.65 Å². The molecule has 19 heavy (non-hydrogen) atoms. The summed E-state index contributed by atoms with van der Waals surface area (Å²) >= 11 is 11.9. The van der Waals surface area contributed by atoms with Gasteiger partial charge in [-0.15, -0.1) is 0 Å². The number of halogens is 2. The topological polar surface area (TPSA) is 41.6 Å². The molecule has 2 heterocycles. The Morgan fingerprint density at radius 3 is 2.68 bits per heavy atom. The molecule has 3 aromatic rings. The number of aromatic amines is 1. The summed E-state index contributed by atoms with van der Waals surface area (Å²) in [4.78, 5) is 12.1. The Balaban J connectivity index is 1.94. The van der Waals surface area contributed by atoms with E-state index in [-0.39, 0.29) is 0 Å². The zero-order valence-corrected chi connectivity index (χ0v) is 11.8. The first-order chi connectivity index (χ1) is 9.11. The number of imidazole rings is 1. The summed E-state index contributed by atoms with van der Waals surface area (Å²) in [7, 11) is 0. The SMILES string of the molecule is Cc1ccc2[nH]c(Cc3ccc(Cl)c(Cl)c3)nc2n1. The van der Waals surface area contributed by atoms with Crippen LogP contribution in [-0.4, -0.2) is 15.0 Å². The summed E-state index contributed by atoms with van der Waals surface area (Å²) in [5.41, 5.74) is 3.71. The molecule has 0 atom stereocenters. The fourth-order valence-electron chi connectivity index (χ4n) is 1.96. The van der Waals surface area contributed by atoms with Gasteiger partial charge in [-0.3, -0.25) is 0 Å². The van der Waals surface area contributed by atoms with E-state index in [1.807, 2.05) is 31.2 Å². The van der Waals surface area contributed by atoms with E-state index in [4.69, 9.17) is 23.2 Å². The van der Waals surface area contributed by atoms with E-state index < -0.39 is 0 Å². The standard InChI is InChI=1S/C14H11Cl2N3/c1-8-2-5-12-14(17-8)19-13(18-12)7-9-3-4-10(15)11(16)6-9/h2-6H,7H2,1H3,(H,17,18,19). The van der Waals surface area contributed by atoms with Gasteiger partial charge in [0.05, 0.1) is 15.6 Å². The molecule has 0 saturated carbocycles. The zero-order valence-electron chi connectivity index (χ0n) is 10.2. The van der Waals surface area contributed by atoms with Crippen LogP contribution in [-0.2, 0) is 6.42 Å². The van der Waals surface area contributed by atoms with Gasteiger partial charge in [0.25, 0.3) is 0 Å². The average Bonchev–Trinajstić information content (AvgIpc) is 2.75. The first-order valence-corrected chi connectivity index (χ1v) is 6.63. The lowest BCUT2D eigenvalue weighted by molar-refractivity contribution is 1.03. The Morgan fingerprint density at radius 1 is 1.05 bits per heavy atom. The first kappa shape index (κ1) is 12.5. The molecule has 0 aliphatic heterocycles. The molecule has 1 aromatic carbocycles. The minimum atomic E-state index is 0.559. The number of pyridine rings is 1. The van der Waals surface area contributed by atoms with Crippen molar-refractivity contribution in [2.24, 2.45) is 0 Å². The van der Waals surface area contributed by atoms with Crippen molar-refractivity contribution in [3.8, 4) is 0 Å². The van der Waals surface area contributed by atoms with Crippen LogP contribution in [0.25, 0.3) is 11.2 Å². The molecule has 0 aliphatic carbocycles. The number of nitrogens with zero attached hydrogens (tertiary/aromatic N) is 2. The third-order valence-electron chi connectivity index (χ3n) is 2.89. The third-order valence-corrected chi connectivity index (χ3v) is 3.63. The van der Waals surface area contributed by atoms with Crippen LogP contribution in [0.4, 0.5) is 0 Å². The van der Waals surface area contributed by atoms with E-state index in [1.165, 1.54) is 0 Å². The maximum Gasteiger partial charge on any atom is 0.177 e. The number of hydrogen-bond donors (Lipinski definition) is 1. The molecule has 5 heteroatoms. The van der Waals surface area contributed by atoms with E-state index in [0.717, 1.165) is 28.2 Å². The molecule has 0 fully saturated rings. The van der Waals surface area contributed by atoms with Gasteiger partial charge in [-0.2, -0.15) is 0 Å². The molecule has 2 aromatic heterocycles. The number of aromatic nitrogens is 3. The zero-order chi connectivity index (χ0) is 13.4. The Bertz CT molecular complexity index is 750. The van der Waals surface area contributed by atoms with Crippen LogP contribution in [0.3, 0.4) is 0 Å². The molecule has 3 nitrogen and oxygen atoms in total. The molecular formula is C14H11Cl2N3. The highest BCUT2D eigenvalue weighted by atomic mass is 35.5. The second-order valence-electron chi connectivity index (χ2n) is 4.43. The molecule has 0 bridgehead atoms. The fraction of sp³-hybridized carbons (Fsp3) is 0.143. The molecule has 3 rings (SSSR count). The van der Waals surface area contributed by atoms with Crippen LogP contribution >= 0.6 is 23.2 Å². The lowest BCUT2D eigenvalue weighted by atomic mass is 10.1. The molecule has 0 amide bonds. The van der Waals surface area contributed by atoms with E-state index in [2.05, 4.69) is 15.0 Å². The summed E-state index contributed by atoms with van der Waals surface area (Å²) in [5.74, 6) is 0.867. The van der Waals surface area contributed by atoms with Crippen LogP contribution in [0.15, 0.2) is 30.3 Å². The second-order valence-corrected chi connectivity index (χ2v) is 5.25. The van der Waals surface area contributed by atoms with Crippen LogP contribution in [0, 0.1) is 6.92 Å². The van der Waals surface area contributed by atoms with Crippen LogP contribution in [0.5, 0.6) is 0 Å². The van der Waals surface area contributed by atoms with Crippen molar-refractivity contribution in [1.82, 2.24) is 15.0 Å². The number of H-pyrrole nitrogens is 1. The highest BCUT2D eigenvalue weighted by Crippen LogP contribution is 2.23. The lowest BCUT2D eigenvalue weighted by Gasteiger charge is -2.00. The predicted molar refractivity (Wildman–Crippen MR) is 77.9 cm³/mol. The van der Waals surface area contributed by atoms with Crippen molar-refractivity contribution in [3.05, 3.63) is 57.5 Å². The maximum atomic E-state index is 6.00. The number of nitrogens with one attached hydrogen (secondary N) is 1. The Morgan fingerprint density at radius 2 is 1.89 bits per heavy atom. The molecular weight excluding hydrogens is 281 g/mol. The highest BCUT2D eigenvalue weighted by molar-refractivity contribution is 6.42. The molecule has 0 spiro atoms. The van der Waals surface area contributed by atoms with Gasteiger partial charge in [0.1, 0.15) is 5.82 Å². The highest BCUT2D eigenvalue weighted by Gasteiger charge is 2.06. The van der Waals surface area contributed by atoms with Gasteiger partial charge in [-0.1, -0.05) is 29.3 Å². The molecule has 0 saturated heterocycles. The summed E-state index contributed by atoms with van der Waals surface area (Å²) in [6, 6.07) is 9.55. The quantitative estimate of drug-likeness (QED) is 0.770. The number of aryl methyl sites for hydroxylation is 1. The van der Waals surface area contributed by atoms with Gasteiger partial charge in [-0.25, -0.2) is 9.97 Å². The van der Waals surface area contributed by atoms with E-state index >= 15 is 0 Å². The number of hydrogen-bond acceptors (Lipinski definition) is 2. The second kappa shape index (κ2) is 4.83. The third kappa shape index (κ3) is 2.57. The summed E-state index contributed by atoms with van der Waals surface area (Å²) in [6.45, 7) is 1.95. The van der Waals surface area contributed by atoms with Gasteiger partial charge < -0.3 is 4.98 Å². The van der Waals surface area contributed by atoms with E-state index in [0.29, 0.717) is 16.5 Å². The van der Waals surface area contributed by atoms with Crippen molar-refractivity contribution in [3.63, 3.8) is 0 Å². The largest absolute Gasteiger partial charge is 0.340 e. The first-order valence-electron chi connectivity index (χ1n) is 5.88. The van der Waals surface area contributed by atoms with E-state index in [1.54, 1.807) is 6.07 Å². The van der Waals surface area contributed by atoms with Gasteiger partial charge >= 0.3 is 0 Å². The molecule has 0 radical (unpaired) electrons. The predicted octanol–water partition coefficient (Wildman–Crippen LogP) is 4.16. The molecule has 1 N–H and O–H groups in total. The van der Waals surface area contributed by atoms with Gasteiger partial charge in [0.2, 0.25) is 0 Å². The van der Waals surface area contributed by atoms with Gasteiger partial charge in [-0.05, 0) is 36.8 Å². The van der Waals surface area contributed by atoms with E-state index in [9.17, 15) is 0 Å². The molecule has 96 valence electrons. The van der Waals surface area contributed by atoms with Crippen molar-refractivity contribution < 1.29 is 0 Å². The van der Waals surface area contributed by atoms with Crippen LogP contribution < -0.4 is 0 Å². The average molecular weight is 292 g/mol. The number of benzene rings is 1. The summed E-state index contributed by atoms with van der Waals surface area (Å²) in [5, 5.41) is 1.12. The molecule has 0 aliphatic rings. The number of rotatable bonds is 2. The minimum absolute atomic E-state index is 0.559. The number of fused-ring (bicyclic) bond motifs is 1. The van der Waals surface area contributed by atoms with Crippen molar-refractivity contribution in [2.75, 3.05) is 0 Å². The lowest BCUT2D eigenvalue weighted by Crippen LogP contribution is -1.90. The maximum absolute atomic E-state index is 6.00. The Labute approximate surface area is 120 Å². The monoisotopic (exact) mass is 291 g/mol. The van der Waals surface area contributed by atoms with Crippen molar-refractivity contribution >= 4 is 34.4 Å². The van der Waals surface area contributed by atoms with Gasteiger partial charge in [0, 0.05) is 12.1 Å². The Kier molecular flexibility index (Phi) is 3.17. The van der Waals surface area contributed by atoms with Crippen LogP contribution in [0.2, 0.25) is 10.0 Å². The summed E-state index contributed by atoms with van der Waals surface area (Å²) in [6.07, 6.45) is 0.673. The smallest absolute Gasteiger partial charge is 0.177 e. The fourth-order valence-corrected chi connectivity index (χ4v) is 2.28. The van der Waals surface area contributed by atoms with Crippen LogP contribution in [0.1, 0.15) is 17.1 Å². The Hall–Kier alpha value is -1.58. The summed E-state index contributed by atoms with van der Waals surface area (Å²) < 4.78 is 0. The minimum Gasteiger partial charge on any atom is -0.340 e. The van der Waals surface area contributed by atoms with Crippen molar-refractivity contribution in [2.45, 2.75) is 13.3 Å². The molecule has 0 unspecified atom stereocenters.